The van der Waals surface area contributed by atoms with Crippen LogP contribution in [0.2, 0.25) is 0 Å². The van der Waals surface area contributed by atoms with E-state index < -0.39 is 0 Å². The maximum absolute atomic E-state index is 11.9. The van der Waals surface area contributed by atoms with Gasteiger partial charge in [0.15, 0.2) is 6.61 Å². The van der Waals surface area contributed by atoms with Crippen molar-refractivity contribution in [3.05, 3.63) is 24.3 Å². The van der Waals surface area contributed by atoms with Crippen LogP contribution in [-0.2, 0) is 19.1 Å². The van der Waals surface area contributed by atoms with Crippen LogP contribution in [0.3, 0.4) is 0 Å². The number of benzene rings is 1. The molecule has 3 rings (SSSR count). The van der Waals surface area contributed by atoms with Crippen LogP contribution in [0.5, 0.6) is 0 Å². The van der Waals surface area contributed by atoms with Crippen molar-refractivity contribution in [2.45, 2.75) is 25.7 Å². The monoisotopic (exact) mass is 332 g/mol. The van der Waals surface area contributed by atoms with Crippen molar-refractivity contribution in [3.8, 4) is 0 Å². The first-order valence-corrected chi connectivity index (χ1v) is 8.61. The molecule has 1 aromatic rings. The van der Waals surface area contributed by atoms with E-state index in [-0.39, 0.29) is 24.4 Å². The minimum absolute atomic E-state index is 0.0226. The van der Waals surface area contributed by atoms with Crippen LogP contribution in [0.15, 0.2) is 24.3 Å². The van der Waals surface area contributed by atoms with E-state index in [2.05, 4.69) is 10.2 Å². The van der Waals surface area contributed by atoms with Crippen molar-refractivity contribution in [3.63, 3.8) is 0 Å². The minimum atomic E-state index is -0.305. The molecule has 0 spiro atoms. The summed E-state index contributed by atoms with van der Waals surface area (Å²) in [6.07, 6.45) is 3.90. The molecule has 0 aromatic heterocycles. The number of nitrogens with one attached hydrogen (secondary N) is 1. The molecule has 1 aliphatic heterocycles. The average Bonchev–Trinajstić information content (AvgIpc) is 3.16. The number of anilines is 2. The minimum Gasteiger partial charge on any atom is -0.455 e. The van der Waals surface area contributed by atoms with Gasteiger partial charge in [-0.3, -0.25) is 9.59 Å². The third kappa shape index (κ3) is 4.47. The Morgan fingerprint density at radius 1 is 1.12 bits per heavy atom. The molecular formula is C18H24N2O4. The van der Waals surface area contributed by atoms with E-state index in [0.717, 1.165) is 57.7 Å². The fourth-order valence-corrected chi connectivity index (χ4v) is 3.19. The van der Waals surface area contributed by atoms with Crippen molar-refractivity contribution in [2.24, 2.45) is 5.92 Å². The quantitative estimate of drug-likeness (QED) is 0.837. The molecule has 2 aliphatic rings. The van der Waals surface area contributed by atoms with Crippen molar-refractivity contribution in [2.75, 3.05) is 43.1 Å². The van der Waals surface area contributed by atoms with Gasteiger partial charge in [-0.1, -0.05) is 12.8 Å². The SMILES string of the molecule is O=C(COC(=O)C1CCCC1)Nc1ccc(N2CCOCC2)cc1. The van der Waals surface area contributed by atoms with Crippen molar-refractivity contribution in [1.29, 1.82) is 0 Å². The molecule has 0 unspecified atom stereocenters. The topological polar surface area (TPSA) is 67.9 Å². The van der Waals surface area contributed by atoms with Crippen molar-refractivity contribution in [1.82, 2.24) is 0 Å². The third-order valence-electron chi connectivity index (χ3n) is 4.56. The van der Waals surface area contributed by atoms with Crippen molar-refractivity contribution >= 4 is 23.3 Å². The largest absolute Gasteiger partial charge is 0.455 e. The van der Waals surface area contributed by atoms with E-state index in [4.69, 9.17) is 9.47 Å². The van der Waals surface area contributed by atoms with Crippen LogP contribution in [0.4, 0.5) is 11.4 Å². The molecule has 6 heteroatoms. The Labute approximate surface area is 142 Å². The van der Waals surface area contributed by atoms with Gasteiger partial charge in [-0.2, -0.15) is 0 Å². The summed E-state index contributed by atoms with van der Waals surface area (Å²) in [5.41, 5.74) is 1.82. The van der Waals surface area contributed by atoms with E-state index in [9.17, 15) is 9.59 Å². The van der Waals surface area contributed by atoms with Crippen LogP contribution < -0.4 is 10.2 Å². The van der Waals surface area contributed by atoms with Crippen LogP contribution >= 0.6 is 0 Å². The summed E-state index contributed by atoms with van der Waals surface area (Å²) in [5.74, 6) is -0.573. The molecule has 6 nitrogen and oxygen atoms in total. The first-order chi connectivity index (χ1) is 11.7. The molecule has 1 aromatic carbocycles. The van der Waals surface area contributed by atoms with Crippen LogP contribution in [0.25, 0.3) is 0 Å². The Hall–Kier alpha value is -2.08. The first-order valence-electron chi connectivity index (χ1n) is 8.61. The molecule has 1 aliphatic carbocycles. The number of ether oxygens (including phenoxy) is 2. The predicted octanol–water partition coefficient (Wildman–Crippen LogP) is 2.20. The summed E-state index contributed by atoms with van der Waals surface area (Å²) >= 11 is 0. The highest BCUT2D eigenvalue weighted by atomic mass is 16.5. The lowest BCUT2D eigenvalue weighted by atomic mass is 10.1. The summed E-state index contributed by atoms with van der Waals surface area (Å²) in [7, 11) is 0. The Kier molecular flexibility index (Phi) is 5.69. The second kappa shape index (κ2) is 8.15. The fraction of sp³-hybridized carbons (Fsp3) is 0.556. The maximum Gasteiger partial charge on any atom is 0.309 e. The third-order valence-corrected chi connectivity index (χ3v) is 4.56. The zero-order valence-electron chi connectivity index (χ0n) is 13.8. The van der Waals surface area contributed by atoms with Gasteiger partial charge in [0.1, 0.15) is 0 Å². The lowest BCUT2D eigenvalue weighted by Crippen LogP contribution is -2.36. The lowest BCUT2D eigenvalue weighted by molar-refractivity contribution is -0.151. The molecule has 1 heterocycles. The Balaban J connectivity index is 1.44. The smallest absolute Gasteiger partial charge is 0.309 e. The number of hydrogen-bond acceptors (Lipinski definition) is 5. The predicted molar refractivity (Wildman–Crippen MR) is 91.0 cm³/mol. The fourth-order valence-electron chi connectivity index (χ4n) is 3.19. The highest BCUT2D eigenvalue weighted by Gasteiger charge is 2.24. The van der Waals surface area contributed by atoms with Gasteiger partial charge in [0.25, 0.3) is 5.91 Å². The number of carbonyl (C=O) groups excluding carboxylic acids is 2. The van der Waals surface area contributed by atoms with Gasteiger partial charge in [0.05, 0.1) is 19.1 Å². The number of amides is 1. The number of nitrogens with zero attached hydrogens (tertiary/aromatic N) is 1. The molecular weight excluding hydrogens is 308 g/mol. The van der Waals surface area contributed by atoms with Crippen LogP contribution in [0, 0.1) is 5.92 Å². The second-order valence-electron chi connectivity index (χ2n) is 6.28. The van der Waals surface area contributed by atoms with Gasteiger partial charge in [-0.15, -0.1) is 0 Å². The zero-order valence-corrected chi connectivity index (χ0v) is 13.8. The molecule has 24 heavy (non-hydrogen) atoms. The Morgan fingerprint density at radius 2 is 1.79 bits per heavy atom. The van der Waals surface area contributed by atoms with Gasteiger partial charge in [0, 0.05) is 24.5 Å². The van der Waals surface area contributed by atoms with Gasteiger partial charge in [-0.25, -0.2) is 0 Å². The van der Waals surface area contributed by atoms with E-state index >= 15 is 0 Å². The number of rotatable bonds is 5. The molecule has 130 valence electrons. The van der Waals surface area contributed by atoms with Gasteiger partial charge in [0.2, 0.25) is 0 Å². The molecule has 0 atom stereocenters. The van der Waals surface area contributed by atoms with Gasteiger partial charge >= 0.3 is 5.97 Å². The van der Waals surface area contributed by atoms with Crippen LogP contribution in [0.1, 0.15) is 25.7 Å². The Morgan fingerprint density at radius 3 is 2.46 bits per heavy atom. The standard InChI is InChI=1S/C18H24N2O4/c21-17(13-24-18(22)14-3-1-2-4-14)19-15-5-7-16(8-6-15)20-9-11-23-12-10-20/h5-8,14H,1-4,9-13H2,(H,19,21). The number of esters is 1. The lowest BCUT2D eigenvalue weighted by Gasteiger charge is -2.28. The van der Waals surface area contributed by atoms with E-state index in [1.807, 2.05) is 24.3 Å². The second-order valence-corrected chi connectivity index (χ2v) is 6.28. The van der Waals surface area contributed by atoms with E-state index in [1.165, 1.54) is 0 Å². The molecule has 1 saturated carbocycles. The molecule has 1 amide bonds. The number of carbonyl (C=O) groups is 2. The summed E-state index contributed by atoms with van der Waals surface area (Å²) in [6, 6.07) is 7.68. The zero-order chi connectivity index (χ0) is 16.8. The van der Waals surface area contributed by atoms with Gasteiger partial charge < -0.3 is 19.7 Å². The van der Waals surface area contributed by atoms with Gasteiger partial charge in [-0.05, 0) is 37.1 Å². The first kappa shape index (κ1) is 16.8. The summed E-state index contributed by atoms with van der Waals surface area (Å²) in [4.78, 5) is 26.0. The number of morpholine rings is 1. The molecule has 1 saturated heterocycles. The summed E-state index contributed by atoms with van der Waals surface area (Å²) in [6.45, 7) is 3.02. The summed E-state index contributed by atoms with van der Waals surface area (Å²) in [5, 5.41) is 2.76. The van der Waals surface area contributed by atoms with Crippen LogP contribution in [-0.4, -0.2) is 44.8 Å². The average molecular weight is 332 g/mol. The molecule has 0 radical (unpaired) electrons. The van der Waals surface area contributed by atoms with E-state index in [0.29, 0.717) is 5.69 Å². The van der Waals surface area contributed by atoms with Crippen molar-refractivity contribution < 1.29 is 19.1 Å². The normalized spacial score (nSPS) is 18.4. The van der Waals surface area contributed by atoms with E-state index in [1.54, 1.807) is 0 Å². The molecule has 1 N–H and O–H groups in total. The summed E-state index contributed by atoms with van der Waals surface area (Å²) < 4.78 is 10.4. The number of hydrogen-bond donors (Lipinski definition) is 1. The highest BCUT2D eigenvalue weighted by molar-refractivity contribution is 5.93. The maximum atomic E-state index is 11.9. The highest BCUT2D eigenvalue weighted by Crippen LogP contribution is 2.25. The molecule has 2 fully saturated rings. The molecule has 0 bridgehead atoms. The Bertz CT molecular complexity index is 561.